The van der Waals surface area contributed by atoms with Gasteiger partial charge in [-0.15, -0.1) is 0 Å². The number of thiophene rings is 1. The van der Waals surface area contributed by atoms with Crippen LogP contribution in [0, 0.1) is 0 Å². The first kappa shape index (κ1) is 7.31. The molecule has 0 aliphatic heterocycles. The molecule has 0 radical (unpaired) electrons. The average molecular weight is 177 g/mol. The Bertz CT molecular complexity index is 312. The lowest BCUT2D eigenvalue weighted by molar-refractivity contribution is 0.548. The Balaban J connectivity index is 2.14. The summed E-state index contributed by atoms with van der Waals surface area (Å²) in [6, 6.07) is 2.05. The second-order valence-corrected chi connectivity index (χ2v) is 3.07. The van der Waals surface area contributed by atoms with Gasteiger partial charge in [-0.2, -0.15) is 11.3 Å². The molecular weight excluding hydrogens is 170 g/mol. The maximum absolute atomic E-state index is 5.04. The van der Waals surface area contributed by atoms with E-state index in [9.17, 15) is 0 Å². The second kappa shape index (κ2) is 3.36. The van der Waals surface area contributed by atoms with Gasteiger partial charge in [-0.3, -0.25) is 0 Å². The van der Waals surface area contributed by atoms with Crippen LogP contribution in [0.2, 0.25) is 0 Å². The number of hydrogen-bond acceptors (Lipinski definition) is 3. The number of rotatable bonds is 2. The largest absolute Gasteiger partial charge is 0.444 e. The van der Waals surface area contributed by atoms with Crippen molar-refractivity contribution in [1.29, 1.82) is 0 Å². The first-order valence-electron chi connectivity index (χ1n) is 3.54. The summed E-state index contributed by atoms with van der Waals surface area (Å²) in [5.74, 6) is 0.779. The van der Waals surface area contributed by atoms with Crippen molar-refractivity contribution < 1.29 is 4.42 Å². The summed E-state index contributed by atoms with van der Waals surface area (Å²) < 4.78 is 5.04. The molecule has 3 heteroatoms. The van der Waals surface area contributed by atoms with E-state index in [-0.39, 0.29) is 0 Å². The van der Waals surface area contributed by atoms with Gasteiger partial charge < -0.3 is 4.42 Å². The van der Waals surface area contributed by atoms with E-state index in [1.807, 2.05) is 17.5 Å². The van der Waals surface area contributed by atoms with Gasteiger partial charge in [0.15, 0.2) is 6.39 Å². The van der Waals surface area contributed by atoms with Gasteiger partial charge in [0.2, 0.25) is 0 Å². The van der Waals surface area contributed by atoms with E-state index < -0.39 is 0 Å². The molecule has 0 unspecified atom stereocenters. The van der Waals surface area contributed by atoms with Crippen LogP contribution < -0.4 is 0 Å². The Morgan fingerprint density at radius 2 is 2.42 bits per heavy atom. The Morgan fingerprint density at radius 1 is 1.42 bits per heavy atom. The van der Waals surface area contributed by atoms with E-state index in [0.29, 0.717) is 0 Å². The molecule has 0 N–H and O–H groups in total. The summed E-state index contributed by atoms with van der Waals surface area (Å²) in [4.78, 5) is 3.81. The molecule has 0 bridgehead atoms. The molecule has 0 spiro atoms. The van der Waals surface area contributed by atoms with Gasteiger partial charge >= 0.3 is 0 Å². The fourth-order valence-corrected chi connectivity index (χ4v) is 1.48. The van der Waals surface area contributed by atoms with Gasteiger partial charge in [-0.1, -0.05) is 6.08 Å². The fourth-order valence-electron chi connectivity index (χ4n) is 0.856. The van der Waals surface area contributed by atoms with Crippen LogP contribution in [0.5, 0.6) is 0 Å². The Morgan fingerprint density at radius 3 is 3.08 bits per heavy atom. The highest BCUT2D eigenvalue weighted by Gasteiger charge is 1.89. The van der Waals surface area contributed by atoms with Crippen LogP contribution in [0.25, 0.3) is 12.2 Å². The first-order valence-corrected chi connectivity index (χ1v) is 4.48. The van der Waals surface area contributed by atoms with Gasteiger partial charge in [0.25, 0.3) is 0 Å². The Hall–Kier alpha value is -1.35. The number of hydrogen-bond donors (Lipinski definition) is 0. The maximum Gasteiger partial charge on any atom is 0.181 e. The van der Waals surface area contributed by atoms with E-state index in [2.05, 4.69) is 16.4 Å². The Labute approximate surface area is 74.2 Å². The summed E-state index contributed by atoms with van der Waals surface area (Å²) >= 11 is 1.68. The first-order chi connectivity index (χ1) is 5.95. The monoisotopic (exact) mass is 177 g/mol. The lowest BCUT2D eigenvalue weighted by Gasteiger charge is -1.81. The number of aromatic nitrogens is 1. The minimum Gasteiger partial charge on any atom is -0.444 e. The maximum atomic E-state index is 5.04. The number of oxazole rings is 1. The molecule has 0 fully saturated rings. The molecule has 2 rings (SSSR count). The SMILES string of the molecule is C(=C\c1cnco1)/c1ccsc1. The molecule has 2 nitrogen and oxygen atoms in total. The van der Waals surface area contributed by atoms with Crippen LogP contribution in [0.15, 0.2) is 33.8 Å². The van der Waals surface area contributed by atoms with Crippen molar-refractivity contribution in [3.05, 3.63) is 40.7 Å². The van der Waals surface area contributed by atoms with Gasteiger partial charge in [0.05, 0.1) is 6.20 Å². The molecular formula is C9H7NOS. The van der Waals surface area contributed by atoms with E-state index in [1.165, 1.54) is 12.0 Å². The highest BCUT2D eigenvalue weighted by molar-refractivity contribution is 7.08. The number of nitrogens with zero attached hydrogens (tertiary/aromatic N) is 1. The third-order valence-corrected chi connectivity index (χ3v) is 2.14. The normalized spacial score (nSPS) is 11.0. The van der Waals surface area contributed by atoms with Crippen molar-refractivity contribution in [2.24, 2.45) is 0 Å². The summed E-state index contributed by atoms with van der Waals surface area (Å²) in [6.45, 7) is 0. The molecule has 0 aliphatic carbocycles. The molecule has 0 amide bonds. The molecule has 0 saturated heterocycles. The highest BCUT2D eigenvalue weighted by Crippen LogP contribution is 2.10. The predicted octanol–water partition coefficient (Wildman–Crippen LogP) is 2.91. The van der Waals surface area contributed by atoms with Crippen molar-refractivity contribution >= 4 is 23.5 Å². The van der Waals surface area contributed by atoms with Crippen LogP contribution in [-0.2, 0) is 0 Å². The molecule has 0 atom stereocenters. The van der Waals surface area contributed by atoms with E-state index in [0.717, 1.165) is 5.76 Å². The lowest BCUT2D eigenvalue weighted by Crippen LogP contribution is -1.61. The van der Waals surface area contributed by atoms with E-state index >= 15 is 0 Å². The topological polar surface area (TPSA) is 26.0 Å². The summed E-state index contributed by atoms with van der Waals surface area (Å²) in [6.07, 6.45) is 7.00. The molecule has 12 heavy (non-hydrogen) atoms. The molecule has 0 aromatic carbocycles. The summed E-state index contributed by atoms with van der Waals surface area (Å²) in [7, 11) is 0. The zero-order valence-corrected chi connectivity index (χ0v) is 7.12. The van der Waals surface area contributed by atoms with Gasteiger partial charge in [0, 0.05) is 0 Å². The Kier molecular flexibility index (Phi) is 2.05. The molecule has 0 aliphatic rings. The zero-order chi connectivity index (χ0) is 8.23. The van der Waals surface area contributed by atoms with Crippen molar-refractivity contribution in [2.45, 2.75) is 0 Å². The van der Waals surface area contributed by atoms with E-state index in [1.54, 1.807) is 17.5 Å². The van der Waals surface area contributed by atoms with Gasteiger partial charge in [-0.05, 0) is 28.5 Å². The molecule has 60 valence electrons. The minimum absolute atomic E-state index is 0.779. The quantitative estimate of drug-likeness (QED) is 0.705. The molecule has 2 heterocycles. The van der Waals surface area contributed by atoms with Crippen molar-refractivity contribution in [3.63, 3.8) is 0 Å². The summed E-state index contributed by atoms with van der Waals surface area (Å²) in [5.41, 5.74) is 1.19. The van der Waals surface area contributed by atoms with Crippen LogP contribution in [-0.4, -0.2) is 4.98 Å². The van der Waals surface area contributed by atoms with Crippen LogP contribution in [0.4, 0.5) is 0 Å². The molecule has 2 aromatic heterocycles. The van der Waals surface area contributed by atoms with Crippen molar-refractivity contribution in [3.8, 4) is 0 Å². The van der Waals surface area contributed by atoms with Crippen LogP contribution >= 0.6 is 11.3 Å². The van der Waals surface area contributed by atoms with Crippen molar-refractivity contribution in [2.75, 3.05) is 0 Å². The van der Waals surface area contributed by atoms with Crippen molar-refractivity contribution in [1.82, 2.24) is 4.98 Å². The van der Waals surface area contributed by atoms with Crippen LogP contribution in [0.1, 0.15) is 11.3 Å². The average Bonchev–Trinajstić information content (AvgIpc) is 2.74. The third-order valence-electron chi connectivity index (χ3n) is 1.43. The summed E-state index contributed by atoms with van der Waals surface area (Å²) in [5, 5.41) is 4.12. The predicted molar refractivity (Wildman–Crippen MR) is 49.8 cm³/mol. The fraction of sp³-hybridized carbons (Fsp3) is 0. The standard InChI is InChI=1S/C9H7NOS/c1(8-3-4-12-6-8)2-9-5-10-7-11-9/h1-7H/b2-1+. The van der Waals surface area contributed by atoms with Gasteiger partial charge in [-0.25, -0.2) is 4.98 Å². The zero-order valence-electron chi connectivity index (χ0n) is 6.31. The van der Waals surface area contributed by atoms with E-state index in [4.69, 9.17) is 4.42 Å². The highest BCUT2D eigenvalue weighted by atomic mass is 32.1. The third kappa shape index (κ3) is 1.62. The van der Waals surface area contributed by atoms with Gasteiger partial charge in [0.1, 0.15) is 5.76 Å². The minimum atomic E-state index is 0.779. The second-order valence-electron chi connectivity index (χ2n) is 2.29. The molecule has 0 saturated carbocycles. The smallest absolute Gasteiger partial charge is 0.181 e. The lowest BCUT2D eigenvalue weighted by atomic mass is 10.3. The molecule has 2 aromatic rings. The van der Waals surface area contributed by atoms with Crippen LogP contribution in [0.3, 0.4) is 0 Å².